The molecule has 2 aromatic rings. The fourth-order valence-corrected chi connectivity index (χ4v) is 5.07. The van der Waals surface area contributed by atoms with Gasteiger partial charge in [0, 0.05) is 25.6 Å². The molecule has 164 valence electrons. The Balaban J connectivity index is 0.00000320. The SMILES string of the molecule is CC(=O)N(CCCc1ccccc1)C1CCC(C(c2ccccc2)N(C)C)CC1.Cl. The van der Waals surface area contributed by atoms with Crippen molar-refractivity contribution in [3.63, 3.8) is 0 Å². The smallest absolute Gasteiger partial charge is 0.219 e. The number of carbonyl (C=O) groups is 1. The molecule has 1 fully saturated rings. The van der Waals surface area contributed by atoms with Crippen LogP contribution in [-0.2, 0) is 11.2 Å². The Hall–Kier alpha value is -1.84. The minimum absolute atomic E-state index is 0. The second-order valence-electron chi connectivity index (χ2n) is 8.69. The van der Waals surface area contributed by atoms with Crippen LogP contribution in [-0.4, -0.2) is 42.4 Å². The van der Waals surface area contributed by atoms with Crippen molar-refractivity contribution < 1.29 is 4.79 Å². The number of amides is 1. The van der Waals surface area contributed by atoms with E-state index in [0.29, 0.717) is 18.0 Å². The molecule has 0 aliphatic heterocycles. The van der Waals surface area contributed by atoms with Gasteiger partial charge in [-0.3, -0.25) is 4.79 Å². The molecule has 0 bridgehead atoms. The topological polar surface area (TPSA) is 23.6 Å². The summed E-state index contributed by atoms with van der Waals surface area (Å²) in [7, 11) is 4.38. The second kappa shape index (κ2) is 12.1. The summed E-state index contributed by atoms with van der Waals surface area (Å²) >= 11 is 0. The van der Waals surface area contributed by atoms with Gasteiger partial charge in [0.1, 0.15) is 0 Å². The zero-order chi connectivity index (χ0) is 20.6. The molecule has 4 heteroatoms. The Kier molecular flexibility index (Phi) is 9.87. The molecule has 0 radical (unpaired) electrons. The zero-order valence-electron chi connectivity index (χ0n) is 18.7. The predicted molar refractivity (Wildman–Crippen MR) is 128 cm³/mol. The summed E-state index contributed by atoms with van der Waals surface area (Å²) in [6.07, 6.45) is 6.68. The number of benzene rings is 2. The molecule has 3 nitrogen and oxygen atoms in total. The van der Waals surface area contributed by atoms with E-state index in [2.05, 4.69) is 84.6 Å². The van der Waals surface area contributed by atoms with E-state index in [0.717, 1.165) is 32.2 Å². The van der Waals surface area contributed by atoms with Crippen LogP contribution in [0.5, 0.6) is 0 Å². The normalized spacial score (nSPS) is 19.7. The van der Waals surface area contributed by atoms with Gasteiger partial charge < -0.3 is 9.80 Å². The van der Waals surface area contributed by atoms with Crippen LogP contribution in [0.25, 0.3) is 0 Å². The van der Waals surface area contributed by atoms with Gasteiger partial charge in [0.2, 0.25) is 5.91 Å². The van der Waals surface area contributed by atoms with Gasteiger partial charge in [0.15, 0.2) is 0 Å². The van der Waals surface area contributed by atoms with Crippen LogP contribution >= 0.6 is 12.4 Å². The van der Waals surface area contributed by atoms with Crippen molar-refractivity contribution >= 4 is 18.3 Å². The van der Waals surface area contributed by atoms with Gasteiger partial charge in [-0.25, -0.2) is 0 Å². The zero-order valence-corrected chi connectivity index (χ0v) is 19.5. The molecular formula is C26H37ClN2O. The largest absolute Gasteiger partial charge is 0.340 e. The molecule has 3 rings (SSSR count). The Labute approximate surface area is 188 Å². The lowest BCUT2D eigenvalue weighted by atomic mass is 9.78. The summed E-state index contributed by atoms with van der Waals surface area (Å²) in [6, 6.07) is 22.3. The second-order valence-corrected chi connectivity index (χ2v) is 8.69. The Morgan fingerprint density at radius 2 is 1.50 bits per heavy atom. The van der Waals surface area contributed by atoms with Crippen LogP contribution in [0.2, 0.25) is 0 Å². The van der Waals surface area contributed by atoms with Crippen LogP contribution < -0.4 is 0 Å². The maximum Gasteiger partial charge on any atom is 0.219 e. The molecule has 0 N–H and O–H groups in total. The van der Waals surface area contributed by atoms with Crippen LogP contribution in [0.1, 0.15) is 56.2 Å². The highest BCUT2D eigenvalue weighted by atomic mass is 35.5. The van der Waals surface area contributed by atoms with Gasteiger partial charge in [0.25, 0.3) is 0 Å². The fourth-order valence-electron chi connectivity index (χ4n) is 5.07. The Morgan fingerprint density at radius 3 is 2.03 bits per heavy atom. The van der Waals surface area contributed by atoms with Crippen LogP contribution in [0, 0.1) is 5.92 Å². The molecule has 1 aliphatic carbocycles. The van der Waals surface area contributed by atoms with Crippen molar-refractivity contribution in [2.45, 2.75) is 57.5 Å². The van der Waals surface area contributed by atoms with Crippen molar-refractivity contribution in [3.05, 3.63) is 71.8 Å². The van der Waals surface area contributed by atoms with Gasteiger partial charge >= 0.3 is 0 Å². The Morgan fingerprint density at radius 1 is 0.933 bits per heavy atom. The van der Waals surface area contributed by atoms with Crippen LogP contribution in [0.3, 0.4) is 0 Å². The maximum atomic E-state index is 12.3. The molecule has 0 spiro atoms. The average molecular weight is 429 g/mol. The third-order valence-electron chi connectivity index (χ3n) is 6.44. The fraction of sp³-hybridized carbons (Fsp3) is 0.500. The molecule has 2 aromatic carbocycles. The van der Waals surface area contributed by atoms with Gasteiger partial charge in [-0.1, -0.05) is 60.7 Å². The lowest BCUT2D eigenvalue weighted by Gasteiger charge is -2.41. The first-order chi connectivity index (χ1) is 14.1. The maximum absolute atomic E-state index is 12.3. The first kappa shape index (κ1) is 24.4. The van der Waals surface area contributed by atoms with Crippen molar-refractivity contribution in [1.29, 1.82) is 0 Å². The monoisotopic (exact) mass is 428 g/mol. The quantitative estimate of drug-likeness (QED) is 0.534. The molecule has 1 unspecified atom stereocenters. The van der Waals surface area contributed by atoms with Gasteiger partial charge in [-0.2, -0.15) is 0 Å². The van der Waals surface area contributed by atoms with Crippen molar-refractivity contribution in [3.8, 4) is 0 Å². The minimum Gasteiger partial charge on any atom is -0.340 e. The van der Waals surface area contributed by atoms with Gasteiger partial charge in [-0.05, 0) is 69.7 Å². The number of aryl methyl sites for hydroxylation is 1. The van der Waals surface area contributed by atoms with E-state index >= 15 is 0 Å². The lowest BCUT2D eigenvalue weighted by Crippen LogP contribution is -2.43. The third-order valence-corrected chi connectivity index (χ3v) is 6.44. The van der Waals surface area contributed by atoms with Crippen molar-refractivity contribution in [2.24, 2.45) is 5.92 Å². The number of hydrogen-bond acceptors (Lipinski definition) is 2. The third kappa shape index (κ3) is 6.58. The van der Waals surface area contributed by atoms with Crippen LogP contribution in [0.4, 0.5) is 0 Å². The van der Waals surface area contributed by atoms with E-state index in [9.17, 15) is 4.79 Å². The number of rotatable bonds is 8. The van der Waals surface area contributed by atoms with Gasteiger partial charge in [0.05, 0.1) is 0 Å². The summed E-state index contributed by atoms with van der Waals surface area (Å²) in [5.41, 5.74) is 2.77. The number of nitrogens with zero attached hydrogens (tertiary/aromatic N) is 2. The molecule has 0 saturated heterocycles. The van der Waals surface area contributed by atoms with E-state index < -0.39 is 0 Å². The molecule has 0 heterocycles. The highest BCUT2D eigenvalue weighted by molar-refractivity contribution is 5.85. The molecule has 1 amide bonds. The first-order valence-electron chi connectivity index (χ1n) is 11.1. The molecule has 1 atom stereocenters. The highest BCUT2D eigenvalue weighted by Gasteiger charge is 2.32. The first-order valence-corrected chi connectivity index (χ1v) is 11.1. The van der Waals surface area contributed by atoms with E-state index in [1.54, 1.807) is 6.92 Å². The molecule has 0 aromatic heterocycles. The average Bonchev–Trinajstić information content (AvgIpc) is 2.73. The van der Waals surface area contributed by atoms with E-state index in [1.807, 2.05) is 0 Å². The van der Waals surface area contributed by atoms with E-state index in [-0.39, 0.29) is 18.3 Å². The van der Waals surface area contributed by atoms with Crippen LogP contribution in [0.15, 0.2) is 60.7 Å². The Bertz CT molecular complexity index is 742. The lowest BCUT2D eigenvalue weighted by molar-refractivity contribution is -0.132. The number of halogens is 1. The highest BCUT2D eigenvalue weighted by Crippen LogP contribution is 2.38. The molecule has 1 saturated carbocycles. The van der Waals surface area contributed by atoms with E-state index in [4.69, 9.17) is 0 Å². The number of hydrogen-bond donors (Lipinski definition) is 0. The summed E-state index contributed by atoms with van der Waals surface area (Å²) in [4.78, 5) is 16.9. The summed E-state index contributed by atoms with van der Waals surface area (Å²) in [5.74, 6) is 0.885. The molecule has 30 heavy (non-hydrogen) atoms. The minimum atomic E-state index is 0. The number of carbonyl (C=O) groups excluding carboxylic acids is 1. The molecular weight excluding hydrogens is 392 g/mol. The summed E-state index contributed by atoms with van der Waals surface area (Å²) in [6.45, 7) is 2.61. The standard InChI is InChI=1S/C26H36N2O.ClH/c1-21(29)28(20-10-13-22-11-6-4-7-12-22)25-18-16-24(17-19-25)26(27(2)3)23-14-8-5-9-15-23;/h4-9,11-12,14-15,24-26H,10,13,16-20H2,1-3H3;1H. The van der Waals surface area contributed by atoms with E-state index in [1.165, 1.54) is 24.0 Å². The molecule has 1 aliphatic rings. The van der Waals surface area contributed by atoms with Gasteiger partial charge in [-0.15, -0.1) is 12.4 Å². The van der Waals surface area contributed by atoms with Crippen molar-refractivity contribution in [1.82, 2.24) is 9.80 Å². The van der Waals surface area contributed by atoms with Crippen molar-refractivity contribution in [2.75, 3.05) is 20.6 Å². The summed E-state index contributed by atoms with van der Waals surface area (Å²) < 4.78 is 0. The summed E-state index contributed by atoms with van der Waals surface area (Å²) in [5, 5.41) is 0. The predicted octanol–water partition coefficient (Wildman–Crippen LogP) is 5.75.